The molecule has 0 N–H and O–H groups in total. The Balaban J connectivity index is 1.63. The standard InChI is InChI=1S/C38H48N2/c1-7-10-12-30-14-20-33(21-15-30)39(6)34-26-28-37(29-27-34)40(35-22-16-31(17-23-35)13-11-8-2)36-24-18-32(19-25-36)38(4,5)9-3/h14-29H,7-13H2,1-6H3. The molecule has 0 radical (unpaired) electrons. The van der Waals surface area contributed by atoms with Gasteiger partial charge in [0, 0.05) is 35.5 Å². The van der Waals surface area contributed by atoms with Gasteiger partial charge < -0.3 is 9.80 Å². The Morgan fingerprint density at radius 3 is 1.25 bits per heavy atom. The minimum atomic E-state index is 0.171. The molecule has 0 aromatic heterocycles. The van der Waals surface area contributed by atoms with Gasteiger partial charge in [-0.05, 0) is 115 Å². The van der Waals surface area contributed by atoms with E-state index in [4.69, 9.17) is 0 Å². The van der Waals surface area contributed by atoms with Crippen LogP contribution in [0.2, 0.25) is 0 Å². The summed E-state index contributed by atoms with van der Waals surface area (Å²) in [5.41, 5.74) is 10.3. The maximum Gasteiger partial charge on any atom is 0.0463 e. The molecule has 0 aliphatic rings. The third kappa shape index (κ3) is 7.16. The molecule has 2 heteroatoms. The average molecular weight is 533 g/mol. The van der Waals surface area contributed by atoms with Crippen LogP contribution in [0.5, 0.6) is 0 Å². The maximum atomic E-state index is 2.37. The molecular formula is C38H48N2. The number of aryl methyl sites for hydroxylation is 2. The Bertz CT molecular complexity index is 1300. The third-order valence-corrected chi connectivity index (χ3v) is 8.44. The van der Waals surface area contributed by atoms with Crippen molar-refractivity contribution in [3.05, 3.63) is 114 Å². The van der Waals surface area contributed by atoms with E-state index in [1.54, 1.807) is 0 Å². The highest BCUT2D eigenvalue weighted by Gasteiger charge is 2.19. The summed E-state index contributed by atoms with van der Waals surface area (Å²) in [6.45, 7) is 11.4. The first kappa shape index (κ1) is 29.5. The molecular weight excluding hydrogens is 484 g/mol. The van der Waals surface area contributed by atoms with Gasteiger partial charge in [0.15, 0.2) is 0 Å². The molecule has 4 aromatic rings. The molecule has 210 valence electrons. The van der Waals surface area contributed by atoms with Gasteiger partial charge in [-0.3, -0.25) is 0 Å². The predicted molar refractivity (Wildman–Crippen MR) is 176 cm³/mol. The van der Waals surface area contributed by atoms with E-state index in [9.17, 15) is 0 Å². The first-order valence-corrected chi connectivity index (χ1v) is 15.3. The Hall–Kier alpha value is -3.52. The minimum absolute atomic E-state index is 0.171. The highest BCUT2D eigenvalue weighted by molar-refractivity contribution is 5.78. The van der Waals surface area contributed by atoms with Crippen LogP contribution in [0.15, 0.2) is 97.1 Å². The van der Waals surface area contributed by atoms with Crippen LogP contribution < -0.4 is 9.80 Å². The molecule has 0 fully saturated rings. The Labute approximate surface area is 243 Å². The molecule has 0 aliphatic heterocycles. The van der Waals surface area contributed by atoms with E-state index in [-0.39, 0.29) is 5.41 Å². The second kappa shape index (κ2) is 13.7. The van der Waals surface area contributed by atoms with Gasteiger partial charge in [-0.1, -0.05) is 83.9 Å². The van der Waals surface area contributed by atoms with Crippen LogP contribution in [0.25, 0.3) is 0 Å². The Kier molecular flexibility index (Phi) is 10.1. The molecule has 0 atom stereocenters. The van der Waals surface area contributed by atoms with Crippen molar-refractivity contribution >= 4 is 28.4 Å². The van der Waals surface area contributed by atoms with Gasteiger partial charge >= 0.3 is 0 Å². The van der Waals surface area contributed by atoms with Crippen LogP contribution in [0.3, 0.4) is 0 Å². The van der Waals surface area contributed by atoms with Gasteiger partial charge in [0.05, 0.1) is 0 Å². The number of nitrogens with zero attached hydrogens (tertiary/aromatic N) is 2. The van der Waals surface area contributed by atoms with Crippen molar-refractivity contribution in [1.29, 1.82) is 0 Å². The van der Waals surface area contributed by atoms with Crippen LogP contribution in [0.1, 0.15) is 83.4 Å². The summed E-state index contributed by atoms with van der Waals surface area (Å²) in [5.74, 6) is 0. The highest BCUT2D eigenvalue weighted by Crippen LogP contribution is 2.38. The second-order valence-electron chi connectivity index (χ2n) is 11.7. The first-order valence-electron chi connectivity index (χ1n) is 15.3. The van der Waals surface area contributed by atoms with Gasteiger partial charge in [0.1, 0.15) is 0 Å². The zero-order valence-corrected chi connectivity index (χ0v) is 25.6. The predicted octanol–water partition coefficient (Wildman–Crippen LogP) is 11.3. The van der Waals surface area contributed by atoms with Crippen LogP contribution in [0.4, 0.5) is 28.4 Å². The molecule has 0 saturated carbocycles. The van der Waals surface area contributed by atoms with Crippen molar-refractivity contribution in [1.82, 2.24) is 0 Å². The normalized spacial score (nSPS) is 11.4. The summed E-state index contributed by atoms with van der Waals surface area (Å²) < 4.78 is 0. The molecule has 0 bridgehead atoms. The fourth-order valence-corrected chi connectivity index (χ4v) is 5.15. The molecule has 0 aliphatic carbocycles. The van der Waals surface area contributed by atoms with E-state index in [0.29, 0.717) is 0 Å². The van der Waals surface area contributed by atoms with Gasteiger partial charge in [0.25, 0.3) is 0 Å². The highest BCUT2D eigenvalue weighted by atomic mass is 15.1. The molecule has 40 heavy (non-hydrogen) atoms. The van der Waals surface area contributed by atoms with Crippen molar-refractivity contribution < 1.29 is 0 Å². The topological polar surface area (TPSA) is 6.48 Å². The third-order valence-electron chi connectivity index (χ3n) is 8.44. The fourth-order valence-electron chi connectivity index (χ4n) is 5.15. The lowest BCUT2D eigenvalue weighted by Crippen LogP contribution is -2.16. The number of unbranched alkanes of at least 4 members (excludes halogenated alkanes) is 2. The summed E-state index contributed by atoms with van der Waals surface area (Å²) in [7, 11) is 2.15. The van der Waals surface area contributed by atoms with E-state index in [1.807, 2.05) is 0 Å². The van der Waals surface area contributed by atoms with E-state index in [0.717, 1.165) is 24.9 Å². The van der Waals surface area contributed by atoms with Crippen molar-refractivity contribution in [2.24, 2.45) is 0 Å². The lowest BCUT2D eigenvalue weighted by Gasteiger charge is -2.28. The zero-order valence-electron chi connectivity index (χ0n) is 25.6. The lowest BCUT2D eigenvalue weighted by atomic mass is 9.82. The van der Waals surface area contributed by atoms with Crippen LogP contribution >= 0.6 is 0 Å². The quantitative estimate of drug-likeness (QED) is 0.169. The Morgan fingerprint density at radius 1 is 0.500 bits per heavy atom. The van der Waals surface area contributed by atoms with Crippen LogP contribution in [-0.4, -0.2) is 7.05 Å². The number of benzene rings is 4. The molecule has 4 rings (SSSR count). The molecule has 0 spiro atoms. The summed E-state index contributed by atoms with van der Waals surface area (Å²) in [4.78, 5) is 4.64. The van der Waals surface area contributed by atoms with E-state index >= 15 is 0 Å². The second-order valence-corrected chi connectivity index (χ2v) is 11.7. The molecule has 0 amide bonds. The van der Waals surface area contributed by atoms with Gasteiger partial charge in [0.2, 0.25) is 0 Å². The molecule has 0 unspecified atom stereocenters. The van der Waals surface area contributed by atoms with Crippen LogP contribution in [0, 0.1) is 0 Å². The first-order chi connectivity index (χ1) is 19.4. The monoisotopic (exact) mass is 532 g/mol. The molecule has 0 heterocycles. The van der Waals surface area contributed by atoms with Crippen LogP contribution in [-0.2, 0) is 18.3 Å². The largest absolute Gasteiger partial charge is 0.345 e. The summed E-state index contributed by atoms with van der Waals surface area (Å²) in [6.07, 6.45) is 8.33. The number of hydrogen-bond donors (Lipinski definition) is 0. The van der Waals surface area contributed by atoms with Gasteiger partial charge in [-0.15, -0.1) is 0 Å². The summed E-state index contributed by atoms with van der Waals surface area (Å²) in [5, 5.41) is 0. The summed E-state index contributed by atoms with van der Waals surface area (Å²) >= 11 is 0. The van der Waals surface area contributed by atoms with Crippen molar-refractivity contribution in [2.45, 2.75) is 85.0 Å². The SMILES string of the molecule is CCCCc1ccc(N(C)c2ccc(N(c3ccc(CCCC)cc3)c3ccc(C(C)(C)CC)cc3)cc2)cc1. The molecule has 4 aromatic carbocycles. The molecule has 2 nitrogen and oxygen atoms in total. The van der Waals surface area contributed by atoms with E-state index in [2.05, 4.69) is 149 Å². The lowest BCUT2D eigenvalue weighted by molar-refractivity contribution is 0.506. The number of rotatable bonds is 13. The fraction of sp³-hybridized carbons (Fsp3) is 0.368. The van der Waals surface area contributed by atoms with Crippen molar-refractivity contribution in [3.8, 4) is 0 Å². The van der Waals surface area contributed by atoms with Crippen molar-refractivity contribution in [2.75, 3.05) is 16.8 Å². The number of anilines is 5. The van der Waals surface area contributed by atoms with Gasteiger partial charge in [-0.25, -0.2) is 0 Å². The summed E-state index contributed by atoms with van der Waals surface area (Å²) in [6, 6.07) is 36.3. The molecule has 0 saturated heterocycles. The Morgan fingerprint density at radius 2 is 0.850 bits per heavy atom. The average Bonchev–Trinajstić information content (AvgIpc) is 3.00. The maximum absolute atomic E-state index is 2.37. The van der Waals surface area contributed by atoms with Crippen molar-refractivity contribution in [3.63, 3.8) is 0 Å². The van der Waals surface area contributed by atoms with E-state index < -0.39 is 0 Å². The number of hydrogen-bond acceptors (Lipinski definition) is 2. The van der Waals surface area contributed by atoms with E-state index in [1.165, 1.54) is 65.1 Å². The minimum Gasteiger partial charge on any atom is -0.345 e. The van der Waals surface area contributed by atoms with Gasteiger partial charge in [-0.2, -0.15) is 0 Å². The smallest absolute Gasteiger partial charge is 0.0463 e. The zero-order chi connectivity index (χ0) is 28.5.